The first kappa shape index (κ1) is 23.3. The quantitative estimate of drug-likeness (QED) is 0.245. The van der Waals surface area contributed by atoms with E-state index >= 15 is 0 Å². The summed E-state index contributed by atoms with van der Waals surface area (Å²) in [7, 11) is 0. The summed E-state index contributed by atoms with van der Waals surface area (Å²) in [5, 5.41) is 8.29. The number of nitrogens with two attached hydrogens (primary N) is 2. The Labute approximate surface area is 179 Å². The van der Waals surface area contributed by atoms with Crippen molar-refractivity contribution in [2.75, 3.05) is 0 Å². The Morgan fingerprint density at radius 3 is 2.33 bits per heavy atom. The molecule has 0 spiro atoms. The third-order valence-corrected chi connectivity index (χ3v) is 5.26. The number of rotatable bonds is 6. The summed E-state index contributed by atoms with van der Waals surface area (Å²) in [5.41, 5.74) is 10.4. The van der Waals surface area contributed by atoms with Crippen LogP contribution in [-0.4, -0.2) is 17.5 Å². The smallest absolute Gasteiger partial charge is 0.217 e. The highest BCUT2D eigenvalue weighted by molar-refractivity contribution is 6.14. The maximum Gasteiger partial charge on any atom is 0.217 e. The van der Waals surface area contributed by atoms with Gasteiger partial charge in [-0.1, -0.05) is 80.6 Å². The minimum absolute atomic E-state index is 0.143. The lowest BCUT2D eigenvalue weighted by Gasteiger charge is -2.20. The van der Waals surface area contributed by atoms with Crippen LogP contribution in [0.3, 0.4) is 0 Å². The molecule has 0 bridgehead atoms. The number of aliphatic imine (C=N–C) groups is 1. The van der Waals surface area contributed by atoms with Gasteiger partial charge in [-0.15, -0.1) is 0 Å². The standard InChI is InChI=1S/C15H16N4.C9H17NO/c1-11(19-17)18-14-10-6-5-9-13(14)15(16)12-7-3-2-4-8-12;10-9(11)7-6-8-4-2-1-3-5-8/h2-10,16H,17H2,1H3,(H,18,19);8H,1-7H2,(H2,10,11). The molecule has 160 valence electrons. The Balaban J connectivity index is 0.000000248. The van der Waals surface area contributed by atoms with Crippen molar-refractivity contribution in [3.63, 3.8) is 0 Å². The molecule has 1 amide bonds. The average Bonchev–Trinajstić information content (AvgIpc) is 2.79. The largest absolute Gasteiger partial charge is 0.370 e. The van der Waals surface area contributed by atoms with Gasteiger partial charge in [-0.05, 0) is 25.3 Å². The van der Waals surface area contributed by atoms with Crippen LogP contribution < -0.4 is 17.0 Å². The van der Waals surface area contributed by atoms with E-state index in [0.29, 0.717) is 18.0 Å². The number of nitrogens with one attached hydrogen (secondary N) is 2. The molecule has 3 rings (SSSR count). The molecule has 1 fully saturated rings. The molecule has 0 saturated heterocycles. The third kappa shape index (κ3) is 7.79. The summed E-state index contributed by atoms with van der Waals surface area (Å²) < 4.78 is 0. The van der Waals surface area contributed by atoms with Gasteiger partial charge >= 0.3 is 0 Å². The Morgan fingerprint density at radius 2 is 1.70 bits per heavy atom. The molecule has 1 aliphatic rings. The number of para-hydroxylation sites is 1. The number of amides is 1. The monoisotopic (exact) mass is 407 g/mol. The summed E-state index contributed by atoms with van der Waals surface area (Å²) in [4.78, 5) is 14.8. The number of hydrogen-bond donors (Lipinski definition) is 4. The topological polar surface area (TPSA) is 117 Å². The molecule has 2 aromatic carbocycles. The number of benzene rings is 2. The van der Waals surface area contributed by atoms with Crippen molar-refractivity contribution in [1.82, 2.24) is 5.43 Å². The highest BCUT2D eigenvalue weighted by atomic mass is 16.1. The van der Waals surface area contributed by atoms with Gasteiger partial charge in [0, 0.05) is 17.5 Å². The summed E-state index contributed by atoms with van der Waals surface area (Å²) >= 11 is 0. The van der Waals surface area contributed by atoms with Crippen LogP contribution in [0.5, 0.6) is 0 Å². The van der Waals surface area contributed by atoms with E-state index in [1.807, 2.05) is 54.6 Å². The van der Waals surface area contributed by atoms with Crippen molar-refractivity contribution >= 4 is 23.1 Å². The summed E-state index contributed by atoms with van der Waals surface area (Å²) in [5.74, 6) is 6.57. The lowest BCUT2D eigenvalue weighted by Crippen LogP contribution is -2.27. The van der Waals surface area contributed by atoms with Crippen molar-refractivity contribution in [1.29, 1.82) is 5.41 Å². The Kier molecular flexibility index (Phi) is 9.74. The highest BCUT2D eigenvalue weighted by Gasteiger charge is 2.13. The molecule has 0 radical (unpaired) electrons. The Bertz CT molecular complexity index is 842. The zero-order valence-corrected chi connectivity index (χ0v) is 17.7. The second kappa shape index (κ2) is 12.5. The van der Waals surface area contributed by atoms with Crippen LogP contribution in [0.25, 0.3) is 0 Å². The SMILES string of the molecule is CC(=Nc1ccccc1C(=N)c1ccccc1)NN.NC(=O)CCC1CCCCC1. The van der Waals surface area contributed by atoms with E-state index in [1.54, 1.807) is 6.92 Å². The van der Waals surface area contributed by atoms with Crippen LogP contribution in [0, 0.1) is 11.3 Å². The lowest BCUT2D eigenvalue weighted by molar-refractivity contribution is -0.118. The Hall–Kier alpha value is -2.99. The molecule has 0 aliphatic heterocycles. The summed E-state index contributed by atoms with van der Waals surface area (Å²) in [6, 6.07) is 17.1. The number of hydrogen-bond acceptors (Lipinski definition) is 4. The molecule has 2 aromatic rings. The van der Waals surface area contributed by atoms with Crippen LogP contribution in [-0.2, 0) is 4.79 Å². The fourth-order valence-electron chi connectivity index (χ4n) is 3.58. The maximum absolute atomic E-state index is 10.5. The van der Waals surface area contributed by atoms with Gasteiger partial charge in [0.2, 0.25) is 5.91 Å². The molecule has 1 aliphatic carbocycles. The minimum Gasteiger partial charge on any atom is -0.370 e. The number of amidine groups is 1. The maximum atomic E-state index is 10.5. The van der Waals surface area contributed by atoms with Gasteiger partial charge in [-0.3, -0.25) is 10.2 Å². The van der Waals surface area contributed by atoms with E-state index in [9.17, 15) is 4.79 Å². The molecule has 0 aromatic heterocycles. The molecule has 1 saturated carbocycles. The van der Waals surface area contributed by atoms with E-state index in [0.717, 1.165) is 29.2 Å². The molecule has 30 heavy (non-hydrogen) atoms. The molecule has 6 nitrogen and oxygen atoms in total. The van der Waals surface area contributed by atoms with Crippen molar-refractivity contribution in [3.8, 4) is 0 Å². The second-order valence-electron chi connectivity index (χ2n) is 7.61. The first-order valence-corrected chi connectivity index (χ1v) is 10.5. The Morgan fingerprint density at radius 1 is 1.07 bits per heavy atom. The van der Waals surface area contributed by atoms with Crippen LogP contribution >= 0.6 is 0 Å². The van der Waals surface area contributed by atoms with E-state index in [4.69, 9.17) is 17.0 Å². The van der Waals surface area contributed by atoms with Gasteiger partial charge in [0.15, 0.2) is 0 Å². The zero-order valence-electron chi connectivity index (χ0n) is 17.7. The van der Waals surface area contributed by atoms with Crippen LogP contribution in [0.1, 0.15) is 63.0 Å². The van der Waals surface area contributed by atoms with E-state index in [2.05, 4.69) is 10.4 Å². The molecule has 0 unspecified atom stereocenters. The molecular weight excluding hydrogens is 374 g/mol. The zero-order chi connectivity index (χ0) is 21.8. The van der Waals surface area contributed by atoms with Gasteiger partial charge < -0.3 is 11.2 Å². The fourth-order valence-corrected chi connectivity index (χ4v) is 3.58. The van der Waals surface area contributed by atoms with Crippen LogP contribution in [0.4, 0.5) is 5.69 Å². The van der Waals surface area contributed by atoms with Crippen LogP contribution in [0.2, 0.25) is 0 Å². The normalized spacial score (nSPS) is 14.4. The second-order valence-corrected chi connectivity index (χ2v) is 7.61. The van der Waals surface area contributed by atoms with Gasteiger partial charge in [0.05, 0.1) is 11.4 Å². The first-order chi connectivity index (χ1) is 14.5. The van der Waals surface area contributed by atoms with Gasteiger partial charge in [0.1, 0.15) is 5.84 Å². The number of carbonyl (C=O) groups excluding carboxylic acids is 1. The van der Waals surface area contributed by atoms with Crippen molar-refractivity contribution in [2.45, 2.75) is 51.9 Å². The predicted molar refractivity (Wildman–Crippen MR) is 124 cm³/mol. The molecule has 6 heteroatoms. The van der Waals surface area contributed by atoms with E-state index in [-0.39, 0.29) is 5.91 Å². The van der Waals surface area contributed by atoms with E-state index < -0.39 is 0 Å². The fraction of sp³-hybridized carbons (Fsp3) is 0.375. The minimum atomic E-state index is -0.143. The van der Waals surface area contributed by atoms with Gasteiger partial charge in [-0.2, -0.15) is 0 Å². The average molecular weight is 408 g/mol. The van der Waals surface area contributed by atoms with E-state index in [1.165, 1.54) is 32.1 Å². The molecular formula is C24H33N5O. The summed E-state index contributed by atoms with van der Waals surface area (Å²) in [6.07, 6.45) is 8.32. The summed E-state index contributed by atoms with van der Waals surface area (Å²) in [6.45, 7) is 1.78. The number of primary amides is 1. The number of nitrogens with zero attached hydrogens (tertiary/aromatic N) is 1. The van der Waals surface area contributed by atoms with Gasteiger partial charge in [0.25, 0.3) is 0 Å². The first-order valence-electron chi connectivity index (χ1n) is 10.5. The predicted octanol–water partition coefficient (Wildman–Crippen LogP) is 4.45. The van der Waals surface area contributed by atoms with Crippen molar-refractivity contribution < 1.29 is 4.79 Å². The molecule has 0 atom stereocenters. The number of hydrazine groups is 1. The lowest BCUT2D eigenvalue weighted by atomic mass is 9.86. The van der Waals surface area contributed by atoms with Crippen molar-refractivity contribution in [2.24, 2.45) is 22.5 Å². The molecule has 6 N–H and O–H groups in total. The third-order valence-electron chi connectivity index (χ3n) is 5.26. The van der Waals surface area contributed by atoms with Crippen LogP contribution in [0.15, 0.2) is 59.6 Å². The van der Waals surface area contributed by atoms with Crippen molar-refractivity contribution in [3.05, 3.63) is 65.7 Å². The highest BCUT2D eigenvalue weighted by Crippen LogP contribution is 2.27. The number of carbonyl (C=O) groups is 1. The van der Waals surface area contributed by atoms with Gasteiger partial charge in [-0.25, -0.2) is 10.8 Å². The molecule has 0 heterocycles.